The molecule has 0 spiro atoms. The molecule has 1 N–H and O–H groups in total. The maximum absolute atomic E-state index is 11.1. The summed E-state index contributed by atoms with van der Waals surface area (Å²) in [5.41, 5.74) is 1.00. The van der Waals surface area contributed by atoms with Gasteiger partial charge in [0.05, 0.1) is 19.3 Å². The first-order chi connectivity index (χ1) is 12.0. The van der Waals surface area contributed by atoms with Crippen molar-refractivity contribution in [2.45, 2.75) is 45.8 Å². The Labute approximate surface area is 177 Å². The third-order valence-corrected chi connectivity index (χ3v) is 4.70. The molecular weight excluding hydrogens is 467 g/mol. The van der Waals surface area contributed by atoms with E-state index >= 15 is 0 Å². The Morgan fingerprint density at radius 1 is 1.42 bits per heavy atom. The summed E-state index contributed by atoms with van der Waals surface area (Å²) >= 11 is 1.61. The fourth-order valence-corrected chi connectivity index (χ4v) is 2.98. The van der Waals surface area contributed by atoms with Crippen molar-refractivity contribution in [2.75, 3.05) is 34.4 Å². The van der Waals surface area contributed by atoms with Gasteiger partial charge in [0.2, 0.25) is 0 Å². The number of halogens is 1. The quantitative estimate of drug-likeness (QED) is 0.176. The summed E-state index contributed by atoms with van der Waals surface area (Å²) < 4.78 is 9.94. The molecule has 0 fully saturated rings. The molecule has 1 aromatic heterocycles. The SMILES string of the molecule is CCNC(=NCCCCC(=O)OC)N(C)Cc1csc(C(C)OC)n1.I. The third kappa shape index (κ3) is 9.13. The van der Waals surface area contributed by atoms with E-state index in [9.17, 15) is 4.79 Å². The fraction of sp³-hybridized carbons (Fsp3) is 0.706. The predicted molar refractivity (Wildman–Crippen MR) is 116 cm³/mol. The van der Waals surface area contributed by atoms with Crippen LogP contribution in [0, 0.1) is 0 Å². The second-order valence-corrected chi connectivity index (χ2v) is 6.57. The van der Waals surface area contributed by atoms with Gasteiger partial charge in [-0.3, -0.25) is 9.79 Å². The Balaban J connectivity index is 0.00000625. The van der Waals surface area contributed by atoms with Crippen molar-refractivity contribution in [3.8, 4) is 0 Å². The summed E-state index contributed by atoms with van der Waals surface area (Å²) in [6.45, 7) is 6.19. The minimum absolute atomic E-state index is 0. The molecular formula is C17H31IN4O3S. The molecule has 1 aromatic rings. The van der Waals surface area contributed by atoms with Gasteiger partial charge in [-0.25, -0.2) is 4.98 Å². The minimum Gasteiger partial charge on any atom is -0.469 e. The van der Waals surface area contributed by atoms with Crippen LogP contribution in [0.25, 0.3) is 0 Å². The standard InChI is InChI=1S/C17H30N4O3S.HI/c1-6-18-17(19-10-8-7-9-15(22)24-5)21(3)11-14-12-25-16(20-14)13(2)23-4;/h12-13H,6-11H2,1-5H3,(H,18,19);1H. The Morgan fingerprint density at radius 2 is 2.15 bits per heavy atom. The smallest absolute Gasteiger partial charge is 0.305 e. The summed E-state index contributed by atoms with van der Waals surface area (Å²) in [5.74, 6) is 0.674. The highest BCUT2D eigenvalue weighted by Crippen LogP contribution is 2.20. The van der Waals surface area contributed by atoms with Crippen LogP contribution in [0.1, 0.15) is 49.9 Å². The molecule has 0 radical (unpaired) electrons. The van der Waals surface area contributed by atoms with E-state index in [1.807, 2.05) is 20.9 Å². The van der Waals surface area contributed by atoms with Crippen molar-refractivity contribution in [1.82, 2.24) is 15.2 Å². The van der Waals surface area contributed by atoms with Crippen molar-refractivity contribution < 1.29 is 14.3 Å². The number of esters is 1. The average molecular weight is 498 g/mol. The van der Waals surface area contributed by atoms with E-state index in [2.05, 4.69) is 30.3 Å². The Morgan fingerprint density at radius 3 is 2.77 bits per heavy atom. The van der Waals surface area contributed by atoms with Crippen LogP contribution in [0.15, 0.2) is 10.4 Å². The van der Waals surface area contributed by atoms with Crippen molar-refractivity contribution >= 4 is 47.2 Å². The predicted octanol–water partition coefficient (Wildman–Crippen LogP) is 3.21. The molecule has 0 aliphatic rings. The van der Waals surface area contributed by atoms with E-state index in [1.54, 1.807) is 18.4 Å². The van der Waals surface area contributed by atoms with Crippen LogP contribution >= 0.6 is 35.3 Å². The largest absolute Gasteiger partial charge is 0.469 e. The van der Waals surface area contributed by atoms with Crippen molar-refractivity contribution in [3.63, 3.8) is 0 Å². The van der Waals surface area contributed by atoms with Gasteiger partial charge in [-0.15, -0.1) is 35.3 Å². The highest BCUT2D eigenvalue weighted by Gasteiger charge is 2.12. The molecule has 0 saturated carbocycles. The number of methoxy groups -OCH3 is 2. The van der Waals surface area contributed by atoms with Gasteiger partial charge in [-0.1, -0.05) is 0 Å². The molecule has 1 atom stereocenters. The fourth-order valence-electron chi connectivity index (χ4n) is 2.14. The van der Waals surface area contributed by atoms with Gasteiger partial charge in [0.15, 0.2) is 5.96 Å². The number of aromatic nitrogens is 1. The molecule has 1 heterocycles. The number of unbranched alkanes of at least 4 members (excludes halogenated alkanes) is 1. The first-order valence-electron chi connectivity index (χ1n) is 8.55. The summed E-state index contributed by atoms with van der Waals surface area (Å²) in [6.07, 6.45) is 2.09. The van der Waals surface area contributed by atoms with Crippen molar-refractivity contribution in [1.29, 1.82) is 0 Å². The molecule has 1 unspecified atom stereocenters. The zero-order chi connectivity index (χ0) is 18.7. The third-order valence-electron chi connectivity index (χ3n) is 3.64. The molecule has 0 aliphatic heterocycles. The number of ether oxygens (including phenoxy) is 2. The first-order valence-corrected chi connectivity index (χ1v) is 9.43. The number of hydrogen-bond donors (Lipinski definition) is 1. The zero-order valence-corrected chi connectivity index (χ0v) is 19.4. The van der Waals surface area contributed by atoms with Crippen LogP contribution < -0.4 is 5.32 Å². The van der Waals surface area contributed by atoms with Crippen LogP contribution in [0.2, 0.25) is 0 Å². The Kier molecular flexibility index (Phi) is 13.6. The topological polar surface area (TPSA) is 76.0 Å². The lowest BCUT2D eigenvalue weighted by Crippen LogP contribution is -2.38. The molecule has 0 aliphatic carbocycles. The van der Waals surface area contributed by atoms with Gasteiger partial charge in [-0.05, 0) is 26.7 Å². The van der Waals surface area contributed by atoms with E-state index < -0.39 is 0 Å². The minimum atomic E-state index is -0.169. The number of thiazole rings is 1. The van der Waals surface area contributed by atoms with Gasteiger partial charge in [0.1, 0.15) is 11.1 Å². The number of carbonyl (C=O) groups excluding carboxylic acids is 1. The Bertz CT molecular complexity index is 554. The zero-order valence-electron chi connectivity index (χ0n) is 16.3. The van der Waals surface area contributed by atoms with Crippen LogP contribution in [0.4, 0.5) is 0 Å². The molecule has 26 heavy (non-hydrogen) atoms. The van der Waals surface area contributed by atoms with Crippen molar-refractivity contribution in [2.24, 2.45) is 4.99 Å². The number of guanidine groups is 1. The van der Waals surface area contributed by atoms with Gasteiger partial charge in [0, 0.05) is 39.0 Å². The highest BCUT2D eigenvalue weighted by atomic mass is 127. The first kappa shape index (κ1) is 25.1. The number of nitrogens with one attached hydrogen (secondary N) is 1. The molecule has 150 valence electrons. The number of carbonyl (C=O) groups is 1. The van der Waals surface area contributed by atoms with E-state index in [1.165, 1.54) is 7.11 Å². The molecule has 0 bridgehead atoms. The van der Waals surface area contributed by atoms with Gasteiger partial charge in [0.25, 0.3) is 0 Å². The van der Waals surface area contributed by atoms with Gasteiger partial charge >= 0.3 is 5.97 Å². The van der Waals surface area contributed by atoms with Crippen LogP contribution in [0.3, 0.4) is 0 Å². The van der Waals surface area contributed by atoms with Crippen molar-refractivity contribution in [3.05, 3.63) is 16.1 Å². The average Bonchev–Trinajstić information content (AvgIpc) is 3.07. The van der Waals surface area contributed by atoms with Crippen LogP contribution in [0.5, 0.6) is 0 Å². The Hall–Kier alpha value is -0.940. The van der Waals surface area contributed by atoms with E-state index in [0.29, 0.717) is 19.5 Å². The maximum atomic E-state index is 11.1. The summed E-state index contributed by atoms with van der Waals surface area (Å²) in [5, 5.41) is 6.33. The molecule has 0 amide bonds. The van der Waals surface area contributed by atoms with Gasteiger partial charge in [-0.2, -0.15) is 0 Å². The van der Waals surface area contributed by atoms with E-state index in [0.717, 1.165) is 36.0 Å². The lowest BCUT2D eigenvalue weighted by atomic mass is 10.2. The van der Waals surface area contributed by atoms with Gasteiger partial charge < -0.3 is 19.7 Å². The van der Waals surface area contributed by atoms with E-state index in [4.69, 9.17) is 4.74 Å². The van der Waals surface area contributed by atoms with E-state index in [-0.39, 0.29) is 36.0 Å². The summed E-state index contributed by atoms with van der Waals surface area (Å²) in [6, 6.07) is 0. The summed E-state index contributed by atoms with van der Waals surface area (Å²) in [4.78, 5) is 22.4. The number of rotatable bonds is 10. The molecule has 9 heteroatoms. The number of nitrogens with zero attached hydrogens (tertiary/aromatic N) is 3. The number of hydrogen-bond acceptors (Lipinski definition) is 6. The molecule has 1 rings (SSSR count). The molecule has 7 nitrogen and oxygen atoms in total. The lowest BCUT2D eigenvalue weighted by Gasteiger charge is -2.21. The summed E-state index contributed by atoms with van der Waals surface area (Å²) in [7, 11) is 5.10. The number of aliphatic imine (C=N–C) groups is 1. The normalized spacial score (nSPS) is 12.3. The maximum Gasteiger partial charge on any atom is 0.305 e. The molecule has 0 aromatic carbocycles. The van der Waals surface area contributed by atoms with Crippen LogP contribution in [-0.4, -0.2) is 56.2 Å². The lowest BCUT2D eigenvalue weighted by molar-refractivity contribution is -0.140. The van der Waals surface area contributed by atoms with Crippen LogP contribution in [-0.2, 0) is 20.8 Å². The second-order valence-electron chi connectivity index (χ2n) is 5.68. The molecule has 0 saturated heterocycles. The monoisotopic (exact) mass is 498 g/mol. The second kappa shape index (κ2) is 14.2. The highest BCUT2D eigenvalue weighted by molar-refractivity contribution is 14.0.